The van der Waals surface area contributed by atoms with E-state index in [1.807, 2.05) is 11.0 Å². The predicted octanol–water partition coefficient (Wildman–Crippen LogP) is 3.40. The van der Waals surface area contributed by atoms with E-state index in [-0.39, 0.29) is 11.8 Å². The van der Waals surface area contributed by atoms with Crippen molar-refractivity contribution in [3.05, 3.63) is 27.2 Å². The summed E-state index contributed by atoms with van der Waals surface area (Å²) >= 11 is 9.64. The van der Waals surface area contributed by atoms with E-state index < -0.39 is 0 Å². The van der Waals surface area contributed by atoms with Gasteiger partial charge in [-0.15, -0.1) is 0 Å². The van der Waals surface area contributed by atoms with E-state index in [0.717, 1.165) is 36.0 Å². The third-order valence-electron chi connectivity index (χ3n) is 3.17. The summed E-state index contributed by atoms with van der Waals surface area (Å²) in [4.78, 5) is 13.9. The van der Waals surface area contributed by atoms with Crippen LogP contribution >= 0.6 is 27.5 Å². The average Bonchev–Trinajstić information content (AvgIpc) is 2.98. The number of carbonyl (C=O) groups excluding carboxylic acids is 1. The highest BCUT2D eigenvalue weighted by Gasteiger charge is 2.37. The third kappa shape index (κ3) is 1.66. The first kappa shape index (κ1) is 10.6. The van der Waals surface area contributed by atoms with Crippen molar-refractivity contribution in [3.8, 4) is 0 Å². The van der Waals surface area contributed by atoms with Crippen LogP contribution in [0.3, 0.4) is 0 Å². The van der Waals surface area contributed by atoms with Gasteiger partial charge in [-0.05, 0) is 37.0 Å². The third-order valence-corrected chi connectivity index (χ3v) is 3.92. The second-order valence-electron chi connectivity index (χ2n) is 4.41. The summed E-state index contributed by atoms with van der Waals surface area (Å²) in [6, 6.07) is 3.92. The van der Waals surface area contributed by atoms with Crippen molar-refractivity contribution >= 4 is 39.1 Å². The highest BCUT2D eigenvalue weighted by atomic mass is 79.9. The zero-order valence-corrected chi connectivity index (χ0v) is 11.0. The fraction of sp³-hybridized carbons (Fsp3) is 0.417. The molecule has 0 atom stereocenters. The van der Waals surface area contributed by atoms with Crippen molar-refractivity contribution in [1.82, 2.24) is 0 Å². The molecule has 0 radical (unpaired) electrons. The average molecular weight is 301 g/mol. The van der Waals surface area contributed by atoms with E-state index in [2.05, 4.69) is 22.0 Å². The minimum Gasteiger partial charge on any atom is -0.310 e. The van der Waals surface area contributed by atoms with Crippen molar-refractivity contribution in [1.29, 1.82) is 0 Å². The minimum atomic E-state index is 0.253. The molecule has 16 heavy (non-hydrogen) atoms. The molecule has 3 rings (SSSR count). The molecule has 1 fully saturated rings. The number of rotatable bonds is 1. The number of halogens is 2. The van der Waals surface area contributed by atoms with Gasteiger partial charge >= 0.3 is 0 Å². The second kappa shape index (κ2) is 3.74. The van der Waals surface area contributed by atoms with Crippen molar-refractivity contribution in [2.45, 2.75) is 19.3 Å². The molecule has 0 bridgehead atoms. The maximum Gasteiger partial charge on any atom is 0.230 e. The summed E-state index contributed by atoms with van der Waals surface area (Å²) < 4.78 is 0.983. The molecule has 0 N–H and O–H groups in total. The number of amides is 1. The van der Waals surface area contributed by atoms with Crippen molar-refractivity contribution in [3.63, 3.8) is 0 Å². The van der Waals surface area contributed by atoms with Crippen LogP contribution in [0.15, 0.2) is 16.6 Å². The number of fused-ring (bicyclic) bond motifs is 1. The molecular weight excluding hydrogens is 289 g/mol. The quantitative estimate of drug-likeness (QED) is 0.778. The van der Waals surface area contributed by atoms with Crippen molar-refractivity contribution < 1.29 is 4.79 Å². The van der Waals surface area contributed by atoms with Crippen molar-refractivity contribution in [2.75, 3.05) is 11.4 Å². The lowest BCUT2D eigenvalue weighted by atomic mass is 10.2. The molecule has 2 aliphatic rings. The topological polar surface area (TPSA) is 20.3 Å². The zero-order valence-electron chi connectivity index (χ0n) is 8.67. The van der Waals surface area contributed by atoms with Gasteiger partial charge in [0.05, 0.1) is 10.7 Å². The first-order valence-corrected chi connectivity index (χ1v) is 6.63. The lowest BCUT2D eigenvalue weighted by Gasteiger charge is -2.18. The monoisotopic (exact) mass is 299 g/mol. The predicted molar refractivity (Wildman–Crippen MR) is 67.9 cm³/mol. The van der Waals surface area contributed by atoms with Crippen LogP contribution < -0.4 is 4.90 Å². The molecule has 0 aromatic heterocycles. The van der Waals surface area contributed by atoms with Crippen LogP contribution in [-0.2, 0) is 11.2 Å². The van der Waals surface area contributed by atoms with Gasteiger partial charge in [0.1, 0.15) is 0 Å². The van der Waals surface area contributed by atoms with Gasteiger partial charge in [0.25, 0.3) is 0 Å². The van der Waals surface area contributed by atoms with Gasteiger partial charge in [-0.2, -0.15) is 0 Å². The molecule has 1 aromatic rings. The molecule has 0 unspecified atom stereocenters. The highest BCUT2D eigenvalue weighted by Crippen LogP contribution is 2.41. The molecule has 1 heterocycles. The first-order valence-electron chi connectivity index (χ1n) is 5.46. The minimum absolute atomic E-state index is 0.253. The summed E-state index contributed by atoms with van der Waals surface area (Å²) in [6.07, 6.45) is 2.99. The Morgan fingerprint density at radius 2 is 2.19 bits per heavy atom. The van der Waals surface area contributed by atoms with Crippen LogP contribution in [0, 0.1) is 5.92 Å². The summed E-state index contributed by atoms with van der Waals surface area (Å²) in [5.74, 6) is 0.508. The molecule has 84 valence electrons. The summed E-state index contributed by atoms with van der Waals surface area (Å²) in [7, 11) is 0. The maximum atomic E-state index is 12.1. The van der Waals surface area contributed by atoms with E-state index in [0.29, 0.717) is 5.02 Å². The fourth-order valence-corrected chi connectivity index (χ4v) is 3.21. The van der Waals surface area contributed by atoms with Crippen LogP contribution in [0.1, 0.15) is 18.4 Å². The molecule has 2 nitrogen and oxygen atoms in total. The lowest BCUT2D eigenvalue weighted by Crippen LogP contribution is -2.30. The van der Waals surface area contributed by atoms with Gasteiger partial charge in [0, 0.05) is 16.9 Å². The Kier molecular flexibility index (Phi) is 2.48. The Labute approximate surface area is 108 Å². The number of benzene rings is 1. The van der Waals surface area contributed by atoms with E-state index in [9.17, 15) is 4.79 Å². The van der Waals surface area contributed by atoms with Crippen LogP contribution in [0.5, 0.6) is 0 Å². The molecule has 1 aliphatic heterocycles. The molecule has 1 aliphatic carbocycles. The van der Waals surface area contributed by atoms with Crippen LogP contribution in [-0.4, -0.2) is 12.5 Å². The molecule has 0 saturated heterocycles. The van der Waals surface area contributed by atoms with Crippen LogP contribution in [0.2, 0.25) is 5.02 Å². The van der Waals surface area contributed by atoms with Crippen LogP contribution in [0.4, 0.5) is 5.69 Å². The normalized spacial score (nSPS) is 18.8. The zero-order chi connectivity index (χ0) is 11.3. The lowest BCUT2D eigenvalue weighted by molar-refractivity contribution is -0.119. The largest absolute Gasteiger partial charge is 0.310 e. The van der Waals surface area contributed by atoms with E-state index in [1.54, 1.807) is 0 Å². The Morgan fingerprint density at radius 1 is 1.44 bits per heavy atom. The number of hydrogen-bond donors (Lipinski definition) is 0. The highest BCUT2D eigenvalue weighted by molar-refractivity contribution is 9.10. The van der Waals surface area contributed by atoms with E-state index in [4.69, 9.17) is 11.6 Å². The standard InChI is InChI=1S/C12H11BrClNO/c13-9-5-8-3-4-15(11(8)10(14)6-9)12(16)7-1-2-7/h5-7H,1-4H2. The molecule has 1 amide bonds. The summed E-state index contributed by atoms with van der Waals surface area (Å²) in [5.41, 5.74) is 2.11. The van der Waals surface area contributed by atoms with Gasteiger partial charge in [-0.25, -0.2) is 0 Å². The second-order valence-corrected chi connectivity index (χ2v) is 5.73. The Balaban J connectivity index is 2.01. The van der Waals surface area contributed by atoms with E-state index in [1.165, 1.54) is 5.56 Å². The molecule has 1 saturated carbocycles. The smallest absolute Gasteiger partial charge is 0.230 e. The summed E-state index contributed by atoms with van der Waals surface area (Å²) in [5, 5.41) is 0.677. The van der Waals surface area contributed by atoms with Crippen molar-refractivity contribution in [2.24, 2.45) is 5.92 Å². The van der Waals surface area contributed by atoms with Gasteiger partial charge in [0.15, 0.2) is 0 Å². The number of hydrogen-bond acceptors (Lipinski definition) is 1. The Bertz CT molecular complexity index is 470. The molecule has 1 aromatic carbocycles. The fourth-order valence-electron chi connectivity index (χ4n) is 2.23. The van der Waals surface area contributed by atoms with E-state index >= 15 is 0 Å². The van der Waals surface area contributed by atoms with Crippen LogP contribution in [0.25, 0.3) is 0 Å². The van der Waals surface area contributed by atoms with Gasteiger partial charge in [0.2, 0.25) is 5.91 Å². The van der Waals surface area contributed by atoms with Gasteiger partial charge < -0.3 is 4.90 Å². The van der Waals surface area contributed by atoms with Gasteiger partial charge in [-0.1, -0.05) is 27.5 Å². The number of carbonyl (C=O) groups is 1. The number of anilines is 1. The maximum absolute atomic E-state index is 12.1. The van der Waals surface area contributed by atoms with Gasteiger partial charge in [-0.3, -0.25) is 4.79 Å². The Morgan fingerprint density at radius 3 is 2.88 bits per heavy atom. The number of nitrogens with zero attached hydrogens (tertiary/aromatic N) is 1. The molecule has 0 spiro atoms. The first-order chi connectivity index (χ1) is 7.66. The Hall–Kier alpha value is -0.540. The summed E-state index contributed by atoms with van der Waals surface area (Å²) in [6.45, 7) is 0.779. The molecular formula is C12H11BrClNO. The molecule has 4 heteroatoms. The SMILES string of the molecule is O=C(C1CC1)N1CCc2cc(Br)cc(Cl)c21.